The highest BCUT2D eigenvalue weighted by atomic mass is 35.5. The molecule has 0 bridgehead atoms. The van der Waals surface area contributed by atoms with Gasteiger partial charge in [-0.15, -0.1) is 5.10 Å². The van der Waals surface area contributed by atoms with E-state index in [4.69, 9.17) is 16.3 Å². The largest absolute Gasteiger partial charge is 0.442 e. The van der Waals surface area contributed by atoms with E-state index in [0.717, 1.165) is 22.4 Å². The van der Waals surface area contributed by atoms with Gasteiger partial charge < -0.3 is 4.74 Å². The van der Waals surface area contributed by atoms with Gasteiger partial charge in [0.25, 0.3) is 0 Å². The van der Waals surface area contributed by atoms with E-state index >= 15 is 0 Å². The molecular formula is C21H23ClN4O2. The summed E-state index contributed by atoms with van der Waals surface area (Å²) in [6, 6.07) is 9.83. The smallest absolute Gasteiger partial charge is 0.435 e. The maximum Gasteiger partial charge on any atom is 0.435 e. The van der Waals surface area contributed by atoms with Gasteiger partial charge in [-0.3, -0.25) is 0 Å². The molecule has 2 aromatic rings. The average Bonchev–Trinajstić information content (AvgIpc) is 3.04. The van der Waals surface area contributed by atoms with Crippen molar-refractivity contribution in [3.05, 3.63) is 46.6 Å². The van der Waals surface area contributed by atoms with Crippen LogP contribution in [0.15, 0.2) is 35.5 Å². The Bertz CT molecular complexity index is 966. The van der Waals surface area contributed by atoms with E-state index in [1.165, 1.54) is 0 Å². The zero-order chi connectivity index (χ0) is 20.5. The van der Waals surface area contributed by atoms with Crippen LogP contribution in [0.3, 0.4) is 0 Å². The molecule has 0 radical (unpaired) electrons. The van der Waals surface area contributed by atoms with E-state index in [0.29, 0.717) is 22.8 Å². The Balaban J connectivity index is 2.13. The molecule has 0 saturated heterocycles. The molecule has 1 aromatic carbocycles. The molecule has 0 saturated carbocycles. The Hall–Kier alpha value is -2.65. The van der Waals surface area contributed by atoms with Gasteiger partial charge in [0.1, 0.15) is 5.60 Å². The number of carbonyl (C=O) groups is 1. The molecule has 2 atom stereocenters. The number of hydrogen-bond acceptors (Lipinski definition) is 5. The number of rotatable bonds is 3. The Kier molecular flexibility index (Phi) is 5.57. The standard InChI is InChI=1S/C21H23ClN4O2/c1-5-8-17-14(11-23)18(13-9-6-7-10-16(13)22)15-12-26(25-19(15)24-17)20(27)28-21(2,3)4/h6-7,9-10,12,14,18H,5,8H2,1-4H3. The summed E-state index contributed by atoms with van der Waals surface area (Å²) in [6.45, 7) is 7.43. The van der Waals surface area contributed by atoms with Crippen LogP contribution in [0.4, 0.5) is 10.6 Å². The van der Waals surface area contributed by atoms with Crippen molar-refractivity contribution in [1.82, 2.24) is 9.78 Å². The molecule has 1 aromatic heterocycles. The summed E-state index contributed by atoms with van der Waals surface area (Å²) in [6.07, 6.45) is 2.56. The zero-order valence-corrected chi connectivity index (χ0v) is 17.2. The van der Waals surface area contributed by atoms with Crippen LogP contribution in [0.2, 0.25) is 5.02 Å². The van der Waals surface area contributed by atoms with Gasteiger partial charge in [0.15, 0.2) is 5.82 Å². The van der Waals surface area contributed by atoms with Crippen LogP contribution >= 0.6 is 11.6 Å². The highest BCUT2D eigenvalue weighted by molar-refractivity contribution is 6.31. The number of nitrogens with zero attached hydrogens (tertiary/aromatic N) is 4. The normalized spacial score (nSPS) is 18.8. The molecule has 146 valence electrons. The van der Waals surface area contributed by atoms with Crippen molar-refractivity contribution in [2.75, 3.05) is 0 Å². The van der Waals surface area contributed by atoms with E-state index < -0.39 is 17.6 Å². The number of fused-ring (bicyclic) bond motifs is 1. The van der Waals surface area contributed by atoms with E-state index in [-0.39, 0.29) is 5.92 Å². The van der Waals surface area contributed by atoms with E-state index in [1.807, 2.05) is 25.1 Å². The Morgan fingerprint density at radius 1 is 1.32 bits per heavy atom. The van der Waals surface area contributed by atoms with Crippen molar-refractivity contribution in [1.29, 1.82) is 5.26 Å². The summed E-state index contributed by atoms with van der Waals surface area (Å²) in [5, 5.41) is 14.8. The number of hydrogen-bond donors (Lipinski definition) is 0. The molecule has 0 aliphatic carbocycles. The van der Waals surface area contributed by atoms with Crippen molar-refractivity contribution in [3.8, 4) is 6.07 Å². The number of halogens is 1. The lowest BCUT2D eigenvalue weighted by Gasteiger charge is -2.27. The summed E-state index contributed by atoms with van der Waals surface area (Å²) < 4.78 is 6.57. The monoisotopic (exact) mass is 398 g/mol. The fourth-order valence-electron chi connectivity index (χ4n) is 3.36. The summed E-state index contributed by atoms with van der Waals surface area (Å²) >= 11 is 6.46. The lowest BCUT2D eigenvalue weighted by Crippen LogP contribution is -2.27. The molecule has 2 unspecified atom stereocenters. The highest BCUT2D eigenvalue weighted by Crippen LogP contribution is 2.44. The lowest BCUT2D eigenvalue weighted by atomic mass is 9.77. The number of benzene rings is 1. The third-order valence-electron chi connectivity index (χ3n) is 4.46. The van der Waals surface area contributed by atoms with Crippen LogP contribution in [0.5, 0.6) is 0 Å². The maximum atomic E-state index is 12.5. The Morgan fingerprint density at radius 3 is 2.64 bits per heavy atom. The molecule has 1 aliphatic rings. The minimum absolute atomic E-state index is 0.344. The molecule has 2 heterocycles. The predicted octanol–water partition coefficient (Wildman–Crippen LogP) is 5.48. The van der Waals surface area contributed by atoms with Gasteiger partial charge in [0.05, 0.1) is 12.0 Å². The average molecular weight is 399 g/mol. The molecule has 7 heteroatoms. The first-order chi connectivity index (χ1) is 13.2. The van der Waals surface area contributed by atoms with Crippen LogP contribution in [0, 0.1) is 17.2 Å². The summed E-state index contributed by atoms with van der Waals surface area (Å²) in [7, 11) is 0. The van der Waals surface area contributed by atoms with Gasteiger partial charge in [0.2, 0.25) is 0 Å². The molecule has 1 aliphatic heterocycles. The maximum absolute atomic E-state index is 12.5. The Morgan fingerprint density at radius 2 is 2.04 bits per heavy atom. The fourth-order valence-corrected chi connectivity index (χ4v) is 3.61. The number of aliphatic imine (C=N–C) groups is 1. The number of carbonyl (C=O) groups excluding carboxylic acids is 1. The van der Waals surface area contributed by atoms with Crippen LogP contribution in [0.25, 0.3) is 0 Å². The van der Waals surface area contributed by atoms with Crippen molar-refractivity contribution in [2.24, 2.45) is 10.9 Å². The number of ether oxygens (including phenoxy) is 1. The van der Waals surface area contributed by atoms with Crippen LogP contribution < -0.4 is 0 Å². The van der Waals surface area contributed by atoms with Gasteiger partial charge in [-0.2, -0.15) is 9.94 Å². The molecule has 0 fully saturated rings. The molecule has 0 N–H and O–H groups in total. The minimum Gasteiger partial charge on any atom is -0.442 e. The number of aromatic nitrogens is 2. The number of nitriles is 1. The second-order valence-corrected chi connectivity index (χ2v) is 8.20. The van der Waals surface area contributed by atoms with Gasteiger partial charge in [0, 0.05) is 28.4 Å². The second kappa shape index (κ2) is 7.76. The van der Waals surface area contributed by atoms with Gasteiger partial charge in [-0.1, -0.05) is 43.1 Å². The summed E-state index contributed by atoms with van der Waals surface area (Å²) in [4.78, 5) is 17.1. The lowest BCUT2D eigenvalue weighted by molar-refractivity contribution is 0.0514. The second-order valence-electron chi connectivity index (χ2n) is 7.79. The molecular weight excluding hydrogens is 376 g/mol. The fraction of sp³-hybridized carbons (Fsp3) is 0.429. The third-order valence-corrected chi connectivity index (χ3v) is 4.81. The first-order valence-electron chi connectivity index (χ1n) is 9.29. The quantitative estimate of drug-likeness (QED) is 0.685. The molecule has 3 rings (SSSR count). The van der Waals surface area contributed by atoms with Crippen molar-refractivity contribution < 1.29 is 9.53 Å². The molecule has 28 heavy (non-hydrogen) atoms. The Labute approximate surface area is 169 Å². The van der Waals surface area contributed by atoms with Crippen LogP contribution in [-0.4, -0.2) is 27.2 Å². The van der Waals surface area contributed by atoms with Crippen molar-refractivity contribution in [3.63, 3.8) is 0 Å². The van der Waals surface area contributed by atoms with Gasteiger partial charge in [-0.05, 0) is 38.8 Å². The molecule has 0 amide bonds. The van der Waals surface area contributed by atoms with Gasteiger partial charge in [-0.25, -0.2) is 9.79 Å². The van der Waals surface area contributed by atoms with Gasteiger partial charge >= 0.3 is 6.09 Å². The predicted molar refractivity (Wildman–Crippen MR) is 108 cm³/mol. The summed E-state index contributed by atoms with van der Waals surface area (Å²) in [5.74, 6) is -0.377. The molecule has 0 spiro atoms. The van der Waals surface area contributed by atoms with E-state index in [9.17, 15) is 10.1 Å². The van der Waals surface area contributed by atoms with E-state index in [2.05, 4.69) is 16.2 Å². The van der Waals surface area contributed by atoms with E-state index in [1.54, 1.807) is 33.0 Å². The van der Waals surface area contributed by atoms with Crippen LogP contribution in [0.1, 0.15) is 57.6 Å². The van der Waals surface area contributed by atoms with Crippen molar-refractivity contribution >= 4 is 29.2 Å². The SMILES string of the molecule is CCCC1=Nc2nn(C(=O)OC(C)(C)C)cc2C(c2ccccc2Cl)C1C#N. The minimum atomic E-state index is -0.641. The highest BCUT2D eigenvalue weighted by Gasteiger charge is 2.37. The third kappa shape index (κ3) is 3.95. The summed E-state index contributed by atoms with van der Waals surface area (Å²) in [5.41, 5.74) is 1.64. The molecule has 6 nitrogen and oxygen atoms in total. The zero-order valence-electron chi connectivity index (χ0n) is 16.4. The van der Waals surface area contributed by atoms with Crippen LogP contribution in [-0.2, 0) is 4.74 Å². The first kappa shape index (κ1) is 20.1. The first-order valence-corrected chi connectivity index (χ1v) is 9.67. The topological polar surface area (TPSA) is 80.3 Å². The van der Waals surface area contributed by atoms with Crippen molar-refractivity contribution in [2.45, 2.75) is 52.1 Å².